The highest BCUT2D eigenvalue weighted by Gasteiger charge is 2.33. The van der Waals surface area contributed by atoms with E-state index in [1.807, 2.05) is 6.92 Å². The van der Waals surface area contributed by atoms with Crippen LogP contribution in [0.15, 0.2) is 0 Å². The van der Waals surface area contributed by atoms with Gasteiger partial charge in [0.2, 0.25) is 29.5 Å². The number of thioether (sulfide) groups is 1. The molecule has 0 rings (SSSR count). The summed E-state index contributed by atoms with van der Waals surface area (Å²) in [6.07, 6.45) is 2.05. The molecule has 38 heavy (non-hydrogen) atoms. The third-order valence-electron chi connectivity index (χ3n) is 6.10. The van der Waals surface area contributed by atoms with Crippen LogP contribution in [0.4, 0.5) is 0 Å². The third kappa shape index (κ3) is 12.6. The average Bonchev–Trinajstić information content (AvgIpc) is 2.85. The second-order valence-electron chi connectivity index (χ2n) is 9.62. The molecule has 0 aliphatic rings. The Balaban J connectivity index is 5.65. The first kappa shape index (κ1) is 35.1. The van der Waals surface area contributed by atoms with Crippen LogP contribution in [0, 0.1) is 11.8 Å². The molecule has 0 aromatic carbocycles. The Morgan fingerprint density at radius 2 is 1.39 bits per heavy atom. The number of carbonyl (C=O) groups is 6. The number of amides is 5. The lowest BCUT2D eigenvalue weighted by molar-refractivity contribution is -0.142. The van der Waals surface area contributed by atoms with Crippen molar-refractivity contribution in [2.24, 2.45) is 23.3 Å². The minimum Gasteiger partial charge on any atom is -0.480 e. The van der Waals surface area contributed by atoms with Gasteiger partial charge in [0.15, 0.2) is 0 Å². The van der Waals surface area contributed by atoms with E-state index in [9.17, 15) is 33.9 Å². The number of nitrogens with one attached hydrogen (secondary N) is 4. The van der Waals surface area contributed by atoms with E-state index in [0.29, 0.717) is 12.2 Å². The van der Waals surface area contributed by atoms with Crippen molar-refractivity contribution in [2.45, 2.75) is 90.5 Å². The highest BCUT2D eigenvalue weighted by atomic mass is 32.2. The van der Waals surface area contributed by atoms with E-state index in [1.54, 1.807) is 27.0 Å². The summed E-state index contributed by atoms with van der Waals surface area (Å²) in [6, 6.07) is -5.34. The van der Waals surface area contributed by atoms with E-state index in [0.717, 1.165) is 0 Å². The molecule has 0 saturated carbocycles. The van der Waals surface area contributed by atoms with Crippen molar-refractivity contribution < 1.29 is 33.9 Å². The van der Waals surface area contributed by atoms with Crippen molar-refractivity contribution in [1.29, 1.82) is 0 Å². The fourth-order valence-corrected chi connectivity index (χ4v) is 3.71. The van der Waals surface area contributed by atoms with Crippen LogP contribution < -0.4 is 32.7 Å². The molecule has 0 aromatic heterocycles. The van der Waals surface area contributed by atoms with Gasteiger partial charge in [0.25, 0.3) is 0 Å². The topological polar surface area (TPSA) is 223 Å². The molecular weight excluding hydrogens is 516 g/mol. The number of rotatable bonds is 18. The summed E-state index contributed by atoms with van der Waals surface area (Å²) < 4.78 is 0. The van der Waals surface area contributed by atoms with E-state index < -0.39 is 65.7 Å². The zero-order valence-corrected chi connectivity index (χ0v) is 23.9. The lowest BCUT2D eigenvalue weighted by atomic mass is 9.97. The van der Waals surface area contributed by atoms with Gasteiger partial charge >= 0.3 is 5.97 Å². The number of primary amides is 1. The second-order valence-corrected chi connectivity index (χ2v) is 10.6. The zero-order valence-electron chi connectivity index (χ0n) is 23.0. The van der Waals surface area contributed by atoms with Crippen molar-refractivity contribution in [3.63, 3.8) is 0 Å². The maximum atomic E-state index is 13.2. The molecule has 14 heteroatoms. The summed E-state index contributed by atoms with van der Waals surface area (Å²) in [5.74, 6) is -4.59. The predicted octanol–water partition coefficient (Wildman–Crippen LogP) is -0.922. The van der Waals surface area contributed by atoms with Crippen LogP contribution in [0.5, 0.6) is 0 Å². The maximum Gasteiger partial charge on any atom is 0.326 e. The van der Waals surface area contributed by atoms with Crippen molar-refractivity contribution in [2.75, 3.05) is 12.0 Å². The van der Waals surface area contributed by atoms with Gasteiger partial charge in [-0.1, -0.05) is 34.1 Å². The smallest absolute Gasteiger partial charge is 0.326 e. The van der Waals surface area contributed by atoms with E-state index in [1.165, 1.54) is 18.7 Å². The van der Waals surface area contributed by atoms with Gasteiger partial charge in [-0.15, -0.1) is 0 Å². The SMILES string of the molecule is CCC(C)C(NC(=O)C(C)NC(=O)C(N)C(C)C)C(=O)NC(CCC(N)=O)C(=O)NC(CCSC)C(=O)O. The van der Waals surface area contributed by atoms with Crippen LogP contribution >= 0.6 is 11.8 Å². The van der Waals surface area contributed by atoms with Crippen molar-refractivity contribution in [3.8, 4) is 0 Å². The lowest BCUT2D eigenvalue weighted by Crippen LogP contribution is -2.59. The van der Waals surface area contributed by atoms with Crippen LogP contribution in [0.2, 0.25) is 0 Å². The molecule has 0 heterocycles. The van der Waals surface area contributed by atoms with E-state index in [2.05, 4.69) is 21.3 Å². The Bertz CT molecular complexity index is 841. The van der Waals surface area contributed by atoms with Crippen LogP contribution in [0.1, 0.15) is 60.3 Å². The Morgan fingerprint density at radius 3 is 1.87 bits per heavy atom. The predicted molar refractivity (Wildman–Crippen MR) is 145 cm³/mol. The zero-order chi connectivity index (χ0) is 29.6. The molecule has 0 radical (unpaired) electrons. The molecular formula is C24H44N6O7S. The summed E-state index contributed by atoms with van der Waals surface area (Å²) in [7, 11) is 0. The quantitative estimate of drug-likeness (QED) is 0.110. The molecule has 0 saturated heterocycles. The minimum absolute atomic E-state index is 0.145. The standard InChI is InChI=1S/C24H44N6O7S/c1-7-13(4)19(30-20(32)14(5)27-22(34)18(26)12(2)3)23(35)28-15(8-9-17(25)31)21(33)29-16(24(36)37)10-11-38-6/h12-16,18-19H,7-11,26H2,1-6H3,(H2,25,31)(H,27,34)(H,28,35)(H,29,33)(H,30,32)(H,36,37). The van der Waals surface area contributed by atoms with Gasteiger partial charge in [-0.2, -0.15) is 11.8 Å². The first-order valence-electron chi connectivity index (χ1n) is 12.6. The number of nitrogens with two attached hydrogens (primary N) is 2. The van der Waals surface area contributed by atoms with E-state index in [4.69, 9.17) is 11.5 Å². The van der Waals surface area contributed by atoms with Gasteiger partial charge in [-0.05, 0) is 43.6 Å². The van der Waals surface area contributed by atoms with Crippen LogP contribution in [-0.2, 0) is 28.8 Å². The highest BCUT2D eigenvalue weighted by Crippen LogP contribution is 2.11. The summed E-state index contributed by atoms with van der Waals surface area (Å²) in [6.45, 7) is 8.53. The molecule has 6 atom stereocenters. The fraction of sp³-hybridized carbons (Fsp3) is 0.750. The molecule has 218 valence electrons. The van der Waals surface area contributed by atoms with E-state index >= 15 is 0 Å². The van der Waals surface area contributed by atoms with Gasteiger partial charge in [-0.3, -0.25) is 24.0 Å². The number of carboxylic acids is 1. The van der Waals surface area contributed by atoms with Crippen molar-refractivity contribution >= 4 is 47.3 Å². The molecule has 5 amide bonds. The van der Waals surface area contributed by atoms with Gasteiger partial charge in [0.1, 0.15) is 24.2 Å². The summed E-state index contributed by atoms with van der Waals surface area (Å²) >= 11 is 1.41. The molecule has 9 N–H and O–H groups in total. The molecule has 0 aromatic rings. The Morgan fingerprint density at radius 1 is 0.816 bits per heavy atom. The van der Waals surface area contributed by atoms with E-state index in [-0.39, 0.29) is 31.1 Å². The normalized spacial score (nSPS) is 15.8. The highest BCUT2D eigenvalue weighted by molar-refractivity contribution is 7.98. The number of aliphatic carboxylic acids is 1. The Kier molecular flexibility index (Phi) is 16.3. The number of hydrogen-bond acceptors (Lipinski definition) is 8. The van der Waals surface area contributed by atoms with Crippen LogP contribution in [0.3, 0.4) is 0 Å². The molecule has 13 nitrogen and oxygen atoms in total. The van der Waals surface area contributed by atoms with Gasteiger partial charge < -0.3 is 37.8 Å². The summed E-state index contributed by atoms with van der Waals surface area (Å²) in [5, 5.41) is 19.5. The summed E-state index contributed by atoms with van der Waals surface area (Å²) in [4.78, 5) is 74.1. The number of hydrogen-bond donors (Lipinski definition) is 7. The maximum absolute atomic E-state index is 13.2. The lowest BCUT2D eigenvalue weighted by Gasteiger charge is -2.28. The van der Waals surface area contributed by atoms with Crippen LogP contribution in [-0.4, -0.2) is 82.8 Å². The molecule has 0 fully saturated rings. The van der Waals surface area contributed by atoms with Gasteiger partial charge in [0, 0.05) is 6.42 Å². The molecule has 6 unspecified atom stereocenters. The Labute approximate surface area is 228 Å². The number of carbonyl (C=O) groups excluding carboxylic acids is 5. The second kappa shape index (κ2) is 17.6. The summed E-state index contributed by atoms with van der Waals surface area (Å²) in [5.41, 5.74) is 11.0. The molecule has 0 spiro atoms. The van der Waals surface area contributed by atoms with Gasteiger partial charge in [0.05, 0.1) is 6.04 Å². The first-order chi connectivity index (χ1) is 17.7. The average molecular weight is 561 g/mol. The Hall–Kier alpha value is -2.87. The van der Waals surface area contributed by atoms with Crippen molar-refractivity contribution in [1.82, 2.24) is 21.3 Å². The van der Waals surface area contributed by atoms with Crippen LogP contribution in [0.25, 0.3) is 0 Å². The molecule has 0 aliphatic carbocycles. The fourth-order valence-electron chi connectivity index (χ4n) is 3.24. The van der Waals surface area contributed by atoms with Gasteiger partial charge in [-0.25, -0.2) is 4.79 Å². The monoisotopic (exact) mass is 560 g/mol. The van der Waals surface area contributed by atoms with Crippen molar-refractivity contribution in [3.05, 3.63) is 0 Å². The largest absolute Gasteiger partial charge is 0.480 e. The number of carboxylic acid groups (broad SMARTS) is 1. The minimum atomic E-state index is -1.27. The first-order valence-corrected chi connectivity index (χ1v) is 14.0. The molecule has 0 bridgehead atoms. The molecule has 0 aliphatic heterocycles. The third-order valence-corrected chi connectivity index (χ3v) is 6.75.